The molecule has 0 spiro atoms. The van der Waals surface area contributed by atoms with E-state index in [1.807, 2.05) is 13.8 Å². The van der Waals surface area contributed by atoms with Gasteiger partial charge in [0, 0.05) is 27.7 Å². The summed E-state index contributed by atoms with van der Waals surface area (Å²) < 4.78 is 0. The molecule has 1 amide bonds. The molecule has 0 aliphatic rings. The summed E-state index contributed by atoms with van der Waals surface area (Å²) in [6.07, 6.45) is 6.61. The van der Waals surface area contributed by atoms with Crippen LogP contribution in [0.4, 0.5) is 0 Å². The van der Waals surface area contributed by atoms with E-state index in [0.717, 1.165) is 5.56 Å². The molecule has 1 N–H and O–H groups in total. The van der Waals surface area contributed by atoms with Gasteiger partial charge in [0.1, 0.15) is 0 Å². The fourth-order valence-corrected chi connectivity index (χ4v) is 1.82. The van der Waals surface area contributed by atoms with Crippen molar-refractivity contribution >= 4 is 35.2 Å². The van der Waals surface area contributed by atoms with E-state index >= 15 is 0 Å². The largest absolute Gasteiger partial charge is 0.350 e. The minimum atomic E-state index is -0.125. The van der Waals surface area contributed by atoms with Crippen molar-refractivity contribution < 1.29 is 4.79 Å². The molecular formula is C14H15Cl2NO. The molecule has 0 aliphatic carbocycles. The summed E-state index contributed by atoms with van der Waals surface area (Å²) in [4.78, 5) is 11.3. The molecule has 0 fully saturated rings. The number of hydrogen-bond donors (Lipinski definition) is 1. The van der Waals surface area contributed by atoms with Gasteiger partial charge in [0.25, 0.3) is 0 Å². The second kappa shape index (κ2) is 7.24. The van der Waals surface area contributed by atoms with Gasteiger partial charge < -0.3 is 5.32 Å². The summed E-state index contributed by atoms with van der Waals surface area (Å²) in [7, 11) is 0. The lowest BCUT2D eigenvalue weighted by molar-refractivity contribution is -0.116. The third-order valence-electron chi connectivity index (χ3n) is 2.05. The van der Waals surface area contributed by atoms with Crippen LogP contribution in [-0.2, 0) is 4.79 Å². The lowest BCUT2D eigenvalue weighted by atomic mass is 10.2. The van der Waals surface area contributed by atoms with Gasteiger partial charge in [-0.1, -0.05) is 47.5 Å². The highest BCUT2D eigenvalue weighted by atomic mass is 35.5. The van der Waals surface area contributed by atoms with Crippen LogP contribution in [0.25, 0.3) is 6.08 Å². The minimum Gasteiger partial charge on any atom is -0.350 e. The van der Waals surface area contributed by atoms with Crippen molar-refractivity contribution in [3.63, 3.8) is 0 Å². The van der Waals surface area contributed by atoms with E-state index in [1.54, 1.807) is 36.4 Å². The second-order valence-corrected chi connectivity index (χ2v) is 4.83. The maximum absolute atomic E-state index is 11.3. The Kier molecular flexibility index (Phi) is 5.96. The molecule has 0 aromatic heterocycles. The molecule has 1 rings (SSSR count). The van der Waals surface area contributed by atoms with Crippen LogP contribution in [0.5, 0.6) is 0 Å². The summed E-state index contributed by atoms with van der Waals surface area (Å²) in [5.74, 6) is -0.125. The zero-order valence-corrected chi connectivity index (χ0v) is 11.8. The third kappa shape index (κ3) is 4.94. The summed E-state index contributed by atoms with van der Waals surface area (Å²) in [5.41, 5.74) is 0.745. The summed E-state index contributed by atoms with van der Waals surface area (Å²) in [6, 6.07) is 5.45. The molecular weight excluding hydrogens is 269 g/mol. The third-order valence-corrected chi connectivity index (χ3v) is 2.71. The molecule has 1 aromatic rings. The molecule has 2 nitrogen and oxygen atoms in total. The number of allylic oxidation sites excluding steroid dienone is 2. The van der Waals surface area contributed by atoms with Crippen LogP contribution < -0.4 is 5.32 Å². The molecule has 0 radical (unpaired) electrons. The number of halogens is 2. The quantitative estimate of drug-likeness (QED) is 0.655. The molecule has 96 valence electrons. The van der Waals surface area contributed by atoms with Crippen molar-refractivity contribution in [2.75, 3.05) is 0 Å². The smallest absolute Gasteiger partial charge is 0.244 e. The van der Waals surface area contributed by atoms with E-state index in [1.165, 1.54) is 6.08 Å². The van der Waals surface area contributed by atoms with Crippen LogP contribution in [0.3, 0.4) is 0 Å². The van der Waals surface area contributed by atoms with Crippen LogP contribution in [0.1, 0.15) is 19.4 Å². The Bertz CT molecular complexity index is 458. The Morgan fingerprint density at radius 3 is 2.39 bits per heavy atom. The molecule has 1 aromatic carbocycles. The lowest BCUT2D eigenvalue weighted by Crippen LogP contribution is -2.28. The van der Waals surface area contributed by atoms with Gasteiger partial charge in [-0.15, -0.1) is 0 Å². The van der Waals surface area contributed by atoms with Gasteiger partial charge in [-0.3, -0.25) is 4.79 Å². The van der Waals surface area contributed by atoms with Gasteiger partial charge >= 0.3 is 0 Å². The van der Waals surface area contributed by atoms with Crippen LogP contribution in [0, 0.1) is 0 Å². The molecule has 0 saturated heterocycles. The highest BCUT2D eigenvalue weighted by Gasteiger charge is 2.00. The zero-order valence-electron chi connectivity index (χ0n) is 10.3. The van der Waals surface area contributed by atoms with Gasteiger partial charge in [0.05, 0.1) is 0 Å². The number of benzene rings is 1. The first-order valence-corrected chi connectivity index (χ1v) is 6.35. The predicted molar refractivity (Wildman–Crippen MR) is 77.9 cm³/mol. The molecule has 0 saturated carbocycles. The highest BCUT2D eigenvalue weighted by molar-refractivity contribution is 6.37. The molecule has 0 bridgehead atoms. The first kappa shape index (κ1) is 14.8. The first-order valence-electron chi connectivity index (χ1n) is 5.60. The van der Waals surface area contributed by atoms with Gasteiger partial charge in [-0.25, -0.2) is 0 Å². The standard InChI is InChI=1S/C14H15Cl2NO/c1-10(2)17-14(18)9-4-3-6-11-12(15)7-5-8-13(11)16/h3-10H,1-2H3,(H,17,18)/b6-3+,9-4+. The van der Waals surface area contributed by atoms with Gasteiger partial charge in [-0.2, -0.15) is 0 Å². The highest BCUT2D eigenvalue weighted by Crippen LogP contribution is 2.25. The number of carbonyl (C=O) groups excluding carboxylic acids is 1. The number of rotatable bonds is 4. The molecule has 18 heavy (non-hydrogen) atoms. The Balaban J connectivity index is 2.65. The maximum atomic E-state index is 11.3. The van der Waals surface area contributed by atoms with E-state index in [0.29, 0.717) is 10.0 Å². The van der Waals surface area contributed by atoms with Crippen molar-refractivity contribution in [2.45, 2.75) is 19.9 Å². The molecule has 4 heteroatoms. The van der Waals surface area contributed by atoms with Gasteiger partial charge in [0.2, 0.25) is 5.91 Å². The van der Waals surface area contributed by atoms with Crippen molar-refractivity contribution in [3.8, 4) is 0 Å². The van der Waals surface area contributed by atoms with Gasteiger partial charge in [0.15, 0.2) is 0 Å². The van der Waals surface area contributed by atoms with Crippen molar-refractivity contribution in [2.24, 2.45) is 0 Å². The van der Waals surface area contributed by atoms with Crippen LogP contribution in [-0.4, -0.2) is 11.9 Å². The number of hydrogen-bond acceptors (Lipinski definition) is 1. The van der Waals surface area contributed by atoms with E-state index < -0.39 is 0 Å². The normalized spacial score (nSPS) is 11.6. The first-order chi connectivity index (χ1) is 8.50. The monoisotopic (exact) mass is 283 g/mol. The summed E-state index contributed by atoms with van der Waals surface area (Å²) in [5, 5.41) is 3.92. The second-order valence-electron chi connectivity index (χ2n) is 4.02. The Morgan fingerprint density at radius 1 is 1.22 bits per heavy atom. The number of nitrogens with one attached hydrogen (secondary N) is 1. The zero-order chi connectivity index (χ0) is 13.5. The molecule has 0 heterocycles. The Labute approximate surface area is 117 Å². The van der Waals surface area contributed by atoms with E-state index in [-0.39, 0.29) is 11.9 Å². The predicted octanol–water partition coefficient (Wildman–Crippen LogP) is 4.09. The average molecular weight is 284 g/mol. The summed E-state index contributed by atoms with van der Waals surface area (Å²) >= 11 is 12.0. The van der Waals surface area contributed by atoms with Crippen molar-refractivity contribution in [3.05, 3.63) is 52.0 Å². The minimum absolute atomic E-state index is 0.125. The van der Waals surface area contributed by atoms with E-state index in [4.69, 9.17) is 23.2 Å². The maximum Gasteiger partial charge on any atom is 0.244 e. The topological polar surface area (TPSA) is 29.1 Å². The molecule has 0 unspecified atom stereocenters. The lowest BCUT2D eigenvalue weighted by Gasteiger charge is -2.03. The van der Waals surface area contributed by atoms with Gasteiger partial charge in [-0.05, 0) is 26.0 Å². The molecule has 0 atom stereocenters. The fourth-order valence-electron chi connectivity index (χ4n) is 1.30. The number of amides is 1. The van der Waals surface area contributed by atoms with E-state index in [2.05, 4.69) is 5.32 Å². The summed E-state index contributed by atoms with van der Waals surface area (Å²) in [6.45, 7) is 3.82. The van der Waals surface area contributed by atoms with Crippen molar-refractivity contribution in [1.29, 1.82) is 0 Å². The Hall–Kier alpha value is -1.25. The van der Waals surface area contributed by atoms with Crippen LogP contribution in [0.15, 0.2) is 36.4 Å². The fraction of sp³-hybridized carbons (Fsp3) is 0.214. The van der Waals surface area contributed by atoms with E-state index in [9.17, 15) is 4.79 Å². The van der Waals surface area contributed by atoms with Crippen LogP contribution in [0.2, 0.25) is 10.0 Å². The van der Waals surface area contributed by atoms with Crippen molar-refractivity contribution in [1.82, 2.24) is 5.32 Å². The number of carbonyl (C=O) groups is 1. The molecule has 0 aliphatic heterocycles. The Morgan fingerprint density at radius 2 is 1.83 bits per heavy atom. The SMILES string of the molecule is CC(C)NC(=O)/C=C/C=C/c1c(Cl)cccc1Cl. The average Bonchev–Trinajstić information content (AvgIpc) is 2.26. The van der Waals surface area contributed by atoms with Crippen LogP contribution >= 0.6 is 23.2 Å².